The second-order valence-corrected chi connectivity index (χ2v) is 6.88. The SMILES string of the molecule is CCOC(=O)C(CC)(C(=O)OCC)c1cnc(-c2ccccc2)c(-c2ccccc2)n1. The first kappa shape index (κ1) is 22.2. The van der Waals surface area contributed by atoms with Crippen molar-refractivity contribution in [3.05, 3.63) is 72.6 Å². The maximum absolute atomic E-state index is 13.0. The van der Waals surface area contributed by atoms with Gasteiger partial charge >= 0.3 is 11.9 Å². The Morgan fingerprint density at radius 3 is 1.71 bits per heavy atom. The second kappa shape index (κ2) is 9.98. The third-order valence-corrected chi connectivity index (χ3v) is 5.08. The lowest BCUT2D eigenvalue weighted by Gasteiger charge is -2.27. The van der Waals surface area contributed by atoms with Crippen LogP contribution in [0.2, 0.25) is 0 Å². The van der Waals surface area contributed by atoms with Gasteiger partial charge in [-0.05, 0) is 20.3 Å². The first-order valence-electron chi connectivity index (χ1n) is 10.4. The van der Waals surface area contributed by atoms with Crippen LogP contribution in [0.25, 0.3) is 22.5 Å². The molecule has 31 heavy (non-hydrogen) atoms. The van der Waals surface area contributed by atoms with Crippen LogP contribution >= 0.6 is 0 Å². The Morgan fingerprint density at radius 2 is 1.26 bits per heavy atom. The number of hydrogen-bond donors (Lipinski definition) is 0. The van der Waals surface area contributed by atoms with Crippen LogP contribution in [0.4, 0.5) is 0 Å². The molecule has 6 nitrogen and oxygen atoms in total. The molecular formula is C25H26N2O4. The van der Waals surface area contributed by atoms with Crippen molar-refractivity contribution in [1.29, 1.82) is 0 Å². The Bertz CT molecular complexity index is 1020. The summed E-state index contributed by atoms with van der Waals surface area (Å²) in [5.74, 6) is -1.37. The lowest BCUT2D eigenvalue weighted by atomic mass is 9.81. The summed E-state index contributed by atoms with van der Waals surface area (Å²) in [7, 11) is 0. The number of carbonyl (C=O) groups is 2. The van der Waals surface area contributed by atoms with E-state index in [1.165, 1.54) is 6.20 Å². The summed E-state index contributed by atoms with van der Waals surface area (Å²) in [4.78, 5) is 35.5. The minimum Gasteiger partial charge on any atom is -0.465 e. The fourth-order valence-electron chi connectivity index (χ4n) is 3.47. The van der Waals surface area contributed by atoms with Gasteiger partial charge in [-0.3, -0.25) is 14.6 Å². The highest BCUT2D eigenvalue weighted by molar-refractivity contribution is 6.06. The first-order valence-corrected chi connectivity index (χ1v) is 10.4. The molecule has 0 aliphatic heterocycles. The smallest absolute Gasteiger partial charge is 0.329 e. The molecule has 1 heterocycles. The Labute approximate surface area is 182 Å². The molecule has 160 valence electrons. The van der Waals surface area contributed by atoms with Gasteiger partial charge in [-0.1, -0.05) is 67.6 Å². The summed E-state index contributed by atoms with van der Waals surface area (Å²) < 4.78 is 10.5. The molecule has 0 radical (unpaired) electrons. The van der Waals surface area contributed by atoms with Gasteiger partial charge in [-0.2, -0.15) is 0 Å². The molecule has 0 spiro atoms. The van der Waals surface area contributed by atoms with Gasteiger partial charge in [0.2, 0.25) is 5.41 Å². The number of nitrogens with zero attached hydrogens (tertiary/aromatic N) is 2. The molecule has 0 amide bonds. The largest absolute Gasteiger partial charge is 0.465 e. The molecule has 0 aliphatic carbocycles. The van der Waals surface area contributed by atoms with Crippen LogP contribution in [0, 0.1) is 0 Å². The zero-order valence-electron chi connectivity index (χ0n) is 18.0. The molecule has 3 aromatic rings. The van der Waals surface area contributed by atoms with Gasteiger partial charge in [-0.15, -0.1) is 0 Å². The average molecular weight is 418 g/mol. The van der Waals surface area contributed by atoms with Gasteiger partial charge < -0.3 is 9.47 Å². The molecule has 0 saturated heterocycles. The van der Waals surface area contributed by atoms with E-state index in [9.17, 15) is 9.59 Å². The predicted molar refractivity (Wildman–Crippen MR) is 118 cm³/mol. The van der Waals surface area contributed by atoms with E-state index in [4.69, 9.17) is 14.5 Å². The van der Waals surface area contributed by atoms with Gasteiger partial charge in [0, 0.05) is 11.1 Å². The predicted octanol–water partition coefficient (Wildman–Crippen LogP) is 4.58. The molecule has 1 aromatic heterocycles. The Hall–Kier alpha value is -3.54. The van der Waals surface area contributed by atoms with E-state index in [-0.39, 0.29) is 25.3 Å². The molecule has 0 saturated carbocycles. The number of esters is 2. The van der Waals surface area contributed by atoms with Crippen LogP contribution in [0.15, 0.2) is 66.9 Å². The van der Waals surface area contributed by atoms with Gasteiger partial charge in [0.15, 0.2) is 0 Å². The molecular weight excluding hydrogens is 392 g/mol. The minimum absolute atomic E-state index is 0.137. The molecule has 0 atom stereocenters. The summed E-state index contributed by atoms with van der Waals surface area (Å²) in [6.07, 6.45) is 1.62. The van der Waals surface area contributed by atoms with E-state index in [0.717, 1.165) is 11.1 Å². The third-order valence-electron chi connectivity index (χ3n) is 5.08. The fraction of sp³-hybridized carbons (Fsp3) is 0.280. The number of ether oxygens (including phenoxy) is 2. The van der Waals surface area contributed by atoms with E-state index in [1.807, 2.05) is 60.7 Å². The average Bonchev–Trinajstić information content (AvgIpc) is 2.81. The first-order chi connectivity index (χ1) is 15.1. The molecule has 2 aromatic carbocycles. The van der Waals surface area contributed by atoms with E-state index in [0.29, 0.717) is 11.4 Å². The molecule has 3 rings (SSSR count). The highest BCUT2D eigenvalue weighted by atomic mass is 16.6. The number of aromatic nitrogens is 2. The van der Waals surface area contributed by atoms with Crippen molar-refractivity contribution in [3.63, 3.8) is 0 Å². The standard InChI is InChI=1S/C25H26N2O4/c1-4-25(23(28)30-5-2,24(29)31-6-3)20-17-26-21(18-13-9-7-10-14-18)22(27-20)19-15-11-8-12-16-19/h7-17H,4-6H2,1-3H3. The van der Waals surface area contributed by atoms with Crippen molar-refractivity contribution in [2.24, 2.45) is 0 Å². The van der Waals surface area contributed by atoms with Gasteiger partial charge in [0.1, 0.15) is 0 Å². The van der Waals surface area contributed by atoms with E-state index >= 15 is 0 Å². The molecule has 0 aliphatic rings. The quantitative estimate of drug-likeness (QED) is 0.393. The monoisotopic (exact) mass is 418 g/mol. The summed E-state index contributed by atoms with van der Waals surface area (Å²) in [5.41, 5.74) is 1.48. The molecule has 0 unspecified atom stereocenters. The van der Waals surface area contributed by atoms with Crippen molar-refractivity contribution in [2.75, 3.05) is 13.2 Å². The maximum atomic E-state index is 13.0. The van der Waals surface area contributed by atoms with Crippen LogP contribution in [-0.2, 0) is 24.5 Å². The van der Waals surface area contributed by atoms with Crippen LogP contribution in [-0.4, -0.2) is 35.1 Å². The maximum Gasteiger partial charge on any atom is 0.329 e. The van der Waals surface area contributed by atoms with E-state index in [2.05, 4.69) is 4.98 Å². The Morgan fingerprint density at radius 1 is 0.774 bits per heavy atom. The van der Waals surface area contributed by atoms with Crippen LogP contribution < -0.4 is 0 Å². The summed E-state index contributed by atoms with van der Waals surface area (Å²) in [5, 5.41) is 0. The van der Waals surface area contributed by atoms with Gasteiger partial charge in [-0.25, -0.2) is 4.98 Å². The number of carbonyl (C=O) groups excluding carboxylic acids is 2. The summed E-state index contributed by atoms with van der Waals surface area (Å²) >= 11 is 0. The van der Waals surface area contributed by atoms with Crippen molar-refractivity contribution >= 4 is 11.9 Å². The minimum atomic E-state index is -1.68. The van der Waals surface area contributed by atoms with Crippen LogP contribution in [0.1, 0.15) is 32.9 Å². The Balaban J connectivity index is 2.26. The summed E-state index contributed by atoms with van der Waals surface area (Å²) in [6.45, 7) is 5.41. The van der Waals surface area contributed by atoms with E-state index < -0.39 is 17.4 Å². The lowest BCUT2D eigenvalue weighted by molar-refractivity contribution is -0.165. The third kappa shape index (κ3) is 4.33. The highest BCUT2D eigenvalue weighted by Crippen LogP contribution is 2.35. The Kier molecular flexibility index (Phi) is 7.13. The normalized spacial score (nSPS) is 11.1. The highest BCUT2D eigenvalue weighted by Gasteiger charge is 2.51. The number of rotatable bonds is 8. The zero-order valence-corrected chi connectivity index (χ0v) is 18.0. The van der Waals surface area contributed by atoms with Gasteiger partial charge in [0.05, 0.1) is 36.5 Å². The molecule has 0 N–H and O–H groups in total. The second-order valence-electron chi connectivity index (χ2n) is 6.88. The number of benzene rings is 2. The summed E-state index contributed by atoms with van der Waals surface area (Å²) in [6, 6.07) is 19.2. The zero-order chi connectivity index (χ0) is 22.3. The topological polar surface area (TPSA) is 78.4 Å². The van der Waals surface area contributed by atoms with Crippen molar-refractivity contribution in [3.8, 4) is 22.5 Å². The lowest BCUT2D eigenvalue weighted by Crippen LogP contribution is -2.46. The fourth-order valence-corrected chi connectivity index (χ4v) is 3.47. The molecule has 6 heteroatoms. The van der Waals surface area contributed by atoms with Gasteiger partial charge in [0.25, 0.3) is 0 Å². The van der Waals surface area contributed by atoms with E-state index in [1.54, 1.807) is 20.8 Å². The molecule has 0 fully saturated rings. The van der Waals surface area contributed by atoms with Crippen LogP contribution in [0.5, 0.6) is 0 Å². The van der Waals surface area contributed by atoms with Crippen molar-refractivity contribution in [2.45, 2.75) is 32.6 Å². The van der Waals surface area contributed by atoms with Crippen LogP contribution in [0.3, 0.4) is 0 Å². The number of hydrogen-bond acceptors (Lipinski definition) is 6. The van der Waals surface area contributed by atoms with Crippen molar-refractivity contribution in [1.82, 2.24) is 9.97 Å². The van der Waals surface area contributed by atoms with Crippen molar-refractivity contribution < 1.29 is 19.1 Å². The molecule has 0 bridgehead atoms.